The lowest BCUT2D eigenvalue weighted by atomic mass is 10.0. The number of hydrogen-bond donors (Lipinski definition) is 1. The third-order valence-corrected chi connectivity index (χ3v) is 8.30. The van der Waals surface area contributed by atoms with Crippen LogP contribution in [-0.2, 0) is 19.1 Å². The van der Waals surface area contributed by atoms with Crippen LogP contribution in [-0.4, -0.2) is 36.4 Å². The second kappa shape index (κ2) is 34.4. The summed E-state index contributed by atoms with van der Waals surface area (Å²) in [5.74, 6) is -0.583. The topological polar surface area (TPSA) is 72.8 Å². The van der Waals surface area contributed by atoms with E-state index in [1.807, 2.05) is 0 Å². The highest BCUT2D eigenvalue weighted by atomic mass is 16.6. The fourth-order valence-electron chi connectivity index (χ4n) is 5.48. The SMILES string of the molecule is [CH2]CCCCCCCCCCCCCCCCC(=O)OCC(CO)OC(=O)CCCCCCCCCCCCCCC. The lowest BCUT2D eigenvalue weighted by Gasteiger charge is -2.15. The molecule has 0 aliphatic rings. The molecule has 0 amide bonds. The zero-order valence-corrected chi connectivity index (χ0v) is 28.0. The van der Waals surface area contributed by atoms with Gasteiger partial charge in [0.1, 0.15) is 6.61 Å². The van der Waals surface area contributed by atoms with E-state index >= 15 is 0 Å². The smallest absolute Gasteiger partial charge is 0.306 e. The lowest BCUT2D eigenvalue weighted by Crippen LogP contribution is -2.28. The molecule has 1 unspecified atom stereocenters. The van der Waals surface area contributed by atoms with Crippen LogP contribution >= 0.6 is 0 Å². The summed E-state index contributed by atoms with van der Waals surface area (Å²) >= 11 is 0. The molecule has 0 saturated heterocycles. The van der Waals surface area contributed by atoms with Crippen LogP contribution in [0.3, 0.4) is 0 Å². The normalized spacial score (nSPS) is 12.0. The van der Waals surface area contributed by atoms with Crippen LogP contribution < -0.4 is 0 Å². The molecule has 1 atom stereocenters. The zero-order valence-electron chi connectivity index (χ0n) is 28.0. The molecular formula is C37H71O5. The van der Waals surface area contributed by atoms with Gasteiger partial charge in [0.15, 0.2) is 6.10 Å². The second-order valence-electron chi connectivity index (χ2n) is 12.5. The van der Waals surface area contributed by atoms with Crippen molar-refractivity contribution in [3.8, 4) is 0 Å². The fourth-order valence-corrected chi connectivity index (χ4v) is 5.48. The van der Waals surface area contributed by atoms with Crippen LogP contribution in [0.25, 0.3) is 0 Å². The molecule has 0 bridgehead atoms. The Labute approximate surface area is 261 Å². The average molecular weight is 596 g/mol. The highest BCUT2D eigenvalue weighted by Gasteiger charge is 2.16. The Morgan fingerprint density at radius 3 is 1.21 bits per heavy atom. The summed E-state index contributed by atoms with van der Waals surface area (Å²) in [6.45, 7) is 5.77. The molecule has 249 valence electrons. The molecule has 0 rings (SSSR count). The van der Waals surface area contributed by atoms with E-state index in [-0.39, 0.29) is 25.2 Å². The lowest BCUT2D eigenvalue weighted by molar-refractivity contribution is -0.161. The number of aliphatic hydroxyl groups is 1. The van der Waals surface area contributed by atoms with Gasteiger partial charge in [0.25, 0.3) is 0 Å². The van der Waals surface area contributed by atoms with Crippen molar-refractivity contribution in [1.29, 1.82) is 0 Å². The minimum atomic E-state index is -0.762. The van der Waals surface area contributed by atoms with Crippen molar-refractivity contribution < 1.29 is 24.2 Å². The van der Waals surface area contributed by atoms with Crippen LogP contribution in [0, 0.1) is 6.92 Å². The molecule has 1 radical (unpaired) electrons. The Morgan fingerprint density at radius 2 is 0.857 bits per heavy atom. The van der Waals surface area contributed by atoms with Crippen LogP contribution in [0.4, 0.5) is 0 Å². The molecule has 0 heterocycles. The van der Waals surface area contributed by atoms with Crippen molar-refractivity contribution >= 4 is 11.9 Å². The summed E-state index contributed by atoms with van der Waals surface area (Å²) < 4.78 is 10.6. The summed E-state index contributed by atoms with van der Waals surface area (Å²) in [6.07, 6.45) is 35.2. The van der Waals surface area contributed by atoms with E-state index < -0.39 is 6.10 Å². The van der Waals surface area contributed by atoms with Crippen LogP contribution in [0.15, 0.2) is 0 Å². The first-order chi connectivity index (χ1) is 20.6. The maximum atomic E-state index is 12.1. The van der Waals surface area contributed by atoms with Crippen molar-refractivity contribution in [1.82, 2.24) is 0 Å². The largest absolute Gasteiger partial charge is 0.462 e. The molecule has 0 aromatic heterocycles. The molecule has 0 aromatic carbocycles. The van der Waals surface area contributed by atoms with E-state index in [9.17, 15) is 14.7 Å². The molecular weight excluding hydrogens is 524 g/mol. The van der Waals surface area contributed by atoms with Gasteiger partial charge in [-0.3, -0.25) is 9.59 Å². The fraction of sp³-hybridized carbons (Fsp3) is 0.919. The molecule has 0 aromatic rings. The van der Waals surface area contributed by atoms with Crippen molar-refractivity contribution in [2.75, 3.05) is 13.2 Å². The van der Waals surface area contributed by atoms with E-state index in [0.717, 1.165) is 44.9 Å². The predicted molar refractivity (Wildman–Crippen MR) is 177 cm³/mol. The van der Waals surface area contributed by atoms with Gasteiger partial charge in [-0.25, -0.2) is 0 Å². The quantitative estimate of drug-likeness (QED) is 0.0591. The maximum Gasteiger partial charge on any atom is 0.306 e. The van der Waals surface area contributed by atoms with Crippen LogP contribution in [0.5, 0.6) is 0 Å². The van der Waals surface area contributed by atoms with E-state index in [0.29, 0.717) is 12.8 Å². The molecule has 1 N–H and O–H groups in total. The van der Waals surface area contributed by atoms with Gasteiger partial charge < -0.3 is 14.6 Å². The Kier molecular flexibility index (Phi) is 33.5. The summed E-state index contributed by atoms with van der Waals surface area (Å²) in [4.78, 5) is 24.2. The molecule has 0 aliphatic heterocycles. The minimum absolute atomic E-state index is 0.0596. The Morgan fingerprint density at radius 1 is 0.524 bits per heavy atom. The minimum Gasteiger partial charge on any atom is -0.462 e. The zero-order chi connectivity index (χ0) is 30.8. The standard InChI is InChI=1S/C37H71O5/c1-3-5-7-9-11-13-15-17-18-20-21-23-25-27-29-31-36(39)41-34-35(33-38)42-37(40)32-30-28-26-24-22-19-16-14-12-10-8-6-4-2/h35,38H,1,3-34H2,2H3. The molecule has 0 aliphatic carbocycles. The van der Waals surface area contributed by atoms with Crippen molar-refractivity contribution in [2.24, 2.45) is 0 Å². The summed E-state index contributed by atoms with van der Waals surface area (Å²) in [5, 5.41) is 9.52. The second-order valence-corrected chi connectivity index (χ2v) is 12.5. The van der Waals surface area contributed by atoms with Gasteiger partial charge in [0, 0.05) is 12.8 Å². The average Bonchev–Trinajstić information content (AvgIpc) is 2.99. The molecule has 0 fully saturated rings. The van der Waals surface area contributed by atoms with E-state index in [1.54, 1.807) is 0 Å². The Hall–Kier alpha value is -1.10. The molecule has 5 nitrogen and oxygen atoms in total. The van der Waals surface area contributed by atoms with Gasteiger partial charge in [-0.2, -0.15) is 0 Å². The molecule has 0 spiro atoms. The van der Waals surface area contributed by atoms with Crippen LogP contribution in [0.2, 0.25) is 0 Å². The number of rotatable bonds is 34. The van der Waals surface area contributed by atoms with Gasteiger partial charge in [0.2, 0.25) is 0 Å². The number of carbonyl (C=O) groups is 2. The van der Waals surface area contributed by atoms with Gasteiger partial charge >= 0.3 is 11.9 Å². The monoisotopic (exact) mass is 596 g/mol. The Bertz CT molecular complexity index is 564. The van der Waals surface area contributed by atoms with Crippen molar-refractivity contribution in [3.63, 3.8) is 0 Å². The Balaban J connectivity index is 3.51. The summed E-state index contributed by atoms with van der Waals surface area (Å²) in [7, 11) is 0. The number of carbonyl (C=O) groups excluding carboxylic acids is 2. The first-order valence-corrected chi connectivity index (χ1v) is 18.4. The summed E-state index contributed by atoms with van der Waals surface area (Å²) in [5.41, 5.74) is 0. The third kappa shape index (κ3) is 31.8. The first kappa shape index (κ1) is 40.9. The maximum absolute atomic E-state index is 12.1. The van der Waals surface area contributed by atoms with Gasteiger partial charge in [-0.05, 0) is 12.8 Å². The van der Waals surface area contributed by atoms with Gasteiger partial charge in [-0.15, -0.1) is 0 Å². The molecule has 5 heteroatoms. The highest BCUT2D eigenvalue weighted by Crippen LogP contribution is 2.15. The molecule has 0 saturated carbocycles. The van der Waals surface area contributed by atoms with E-state index in [1.165, 1.54) is 135 Å². The molecule has 42 heavy (non-hydrogen) atoms. The number of esters is 2. The van der Waals surface area contributed by atoms with E-state index in [4.69, 9.17) is 9.47 Å². The number of hydrogen-bond acceptors (Lipinski definition) is 5. The van der Waals surface area contributed by atoms with Gasteiger partial charge in [0.05, 0.1) is 6.61 Å². The first-order valence-electron chi connectivity index (χ1n) is 18.4. The number of unbranched alkanes of at least 4 members (excludes halogenated alkanes) is 26. The predicted octanol–water partition coefficient (Wildman–Crippen LogP) is 11.0. The highest BCUT2D eigenvalue weighted by molar-refractivity contribution is 5.70. The van der Waals surface area contributed by atoms with Crippen LogP contribution in [0.1, 0.15) is 200 Å². The van der Waals surface area contributed by atoms with Gasteiger partial charge in [-0.1, -0.05) is 181 Å². The van der Waals surface area contributed by atoms with Crippen molar-refractivity contribution in [3.05, 3.63) is 6.92 Å². The third-order valence-electron chi connectivity index (χ3n) is 8.30. The van der Waals surface area contributed by atoms with E-state index in [2.05, 4.69) is 13.8 Å². The number of aliphatic hydroxyl groups excluding tert-OH is 1. The van der Waals surface area contributed by atoms with Crippen molar-refractivity contribution in [2.45, 2.75) is 206 Å². The number of ether oxygens (including phenoxy) is 2. The summed E-state index contributed by atoms with van der Waals surface area (Å²) in [6, 6.07) is 0.